The van der Waals surface area contributed by atoms with Crippen LogP contribution < -0.4 is 9.62 Å². The van der Waals surface area contributed by atoms with Crippen LogP contribution in [0.1, 0.15) is 44.1 Å². The minimum Gasteiger partial charge on any atom is -0.312 e. The summed E-state index contributed by atoms with van der Waals surface area (Å²) in [7, 11) is -3.50. The van der Waals surface area contributed by atoms with Crippen molar-refractivity contribution in [3.05, 3.63) is 23.8 Å². The molecule has 0 radical (unpaired) electrons. The smallest absolute Gasteiger partial charge is 0.240 e. The first-order valence-electron chi connectivity index (χ1n) is 8.87. The molecule has 24 heavy (non-hydrogen) atoms. The maximum atomic E-state index is 12.7. The zero-order chi connectivity index (χ0) is 16.9. The molecule has 6 heteroatoms. The van der Waals surface area contributed by atoms with Gasteiger partial charge in [-0.2, -0.15) is 0 Å². The fourth-order valence-corrected chi connectivity index (χ4v) is 6.06. The molecule has 2 saturated carbocycles. The molecular formula is C18H24N2O3S. The number of carbonyl (C=O) groups is 1. The molecule has 4 rings (SSSR count). The lowest BCUT2D eigenvalue weighted by Gasteiger charge is -2.23. The Bertz CT molecular complexity index is 774. The van der Waals surface area contributed by atoms with Crippen LogP contribution in [0.2, 0.25) is 0 Å². The molecule has 0 aromatic heterocycles. The summed E-state index contributed by atoms with van der Waals surface area (Å²) in [5.74, 6) is 1.33. The molecule has 1 aromatic carbocycles. The van der Waals surface area contributed by atoms with Crippen molar-refractivity contribution in [3.8, 4) is 0 Å². The lowest BCUT2D eigenvalue weighted by atomic mass is 9.96. The number of fused-ring (bicyclic) bond motifs is 2. The van der Waals surface area contributed by atoms with E-state index >= 15 is 0 Å². The largest absolute Gasteiger partial charge is 0.312 e. The van der Waals surface area contributed by atoms with Gasteiger partial charge < -0.3 is 4.90 Å². The van der Waals surface area contributed by atoms with Crippen molar-refractivity contribution in [2.24, 2.45) is 11.8 Å². The lowest BCUT2D eigenvalue weighted by molar-refractivity contribution is -0.117. The van der Waals surface area contributed by atoms with Gasteiger partial charge in [0.05, 0.1) is 4.90 Å². The van der Waals surface area contributed by atoms with E-state index < -0.39 is 10.0 Å². The predicted octanol–water partition coefficient (Wildman–Crippen LogP) is 2.59. The summed E-state index contributed by atoms with van der Waals surface area (Å²) >= 11 is 0. The number of rotatable bonds is 4. The molecule has 0 spiro atoms. The van der Waals surface area contributed by atoms with E-state index in [9.17, 15) is 13.2 Å². The van der Waals surface area contributed by atoms with Gasteiger partial charge in [-0.15, -0.1) is 0 Å². The van der Waals surface area contributed by atoms with Gasteiger partial charge in [0, 0.05) is 24.7 Å². The third-order valence-corrected chi connectivity index (χ3v) is 7.37. The SMILES string of the molecule is Cc1cc(S(=O)(=O)NC2CC3CCC2C3)ccc1N1CCCC1=O. The van der Waals surface area contributed by atoms with Gasteiger partial charge in [-0.25, -0.2) is 13.1 Å². The Balaban J connectivity index is 1.55. The van der Waals surface area contributed by atoms with E-state index in [1.807, 2.05) is 6.92 Å². The number of amides is 1. The molecule has 1 amide bonds. The van der Waals surface area contributed by atoms with Crippen molar-refractivity contribution in [1.82, 2.24) is 4.72 Å². The summed E-state index contributed by atoms with van der Waals surface area (Å²) in [5.41, 5.74) is 1.66. The zero-order valence-corrected chi connectivity index (χ0v) is 14.8. The second-order valence-electron chi connectivity index (χ2n) is 7.50. The van der Waals surface area contributed by atoms with Crippen LogP contribution in [0.4, 0.5) is 5.69 Å². The molecule has 2 bridgehead atoms. The van der Waals surface area contributed by atoms with Crippen molar-refractivity contribution in [3.63, 3.8) is 0 Å². The van der Waals surface area contributed by atoms with Gasteiger partial charge in [0.2, 0.25) is 15.9 Å². The Hall–Kier alpha value is -1.40. The first-order chi connectivity index (χ1) is 11.4. The number of anilines is 1. The summed E-state index contributed by atoms with van der Waals surface area (Å²) in [6.45, 7) is 2.59. The normalized spacial score (nSPS) is 29.6. The molecule has 3 fully saturated rings. The van der Waals surface area contributed by atoms with Crippen LogP contribution in [0.3, 0.4) is 0 Å². The molecule has 3 atom stereocenters. The molecule has 1 aliphatic heterocycles. The average molecular weight is 348 g/mol. The van der Waals surface area contributed by atoms with Crippen LogP contribution in [0, 0.1) is 18.8 Å². The zero-order valence-electron chi connectivity index (χ0n) is 14.0. The van der Waals surface area contributed by atoms with Crippen molar-refractivity contribution in [2.75, 3.05) is 11.4 Å². The maximum absolute atomic E-state index is 12.7. The summed E-state index contributed by atoms with van der Waals surface area (Å²) in [4.78, 5) is 14.0. The van der Waals surface area contributed by atoms with Crippen molar-refractivity contribution in [2.45, 2.75) is 56.4 Å². The average Bonchev–Trinajstić information content (AvgIpc) is 3.24. The van der Waals surface area contributed by atoms with Crippen LogP contribution >= 0.6 is 0 Å². The fraction of sp³-hybridized carbons (Fsp3) is 0.611. The van der Waals surface area contributed by atoms with Gasteiger partial charge in [0.15, 0.2) is 0 Å². The van der Waals surface area contributed by atoms with Crippen molar-refractivity contribution < 1.29 is 13.2 Å². The number of carbonyl (C=O) groups excluding carboxylic acids is 1. The second-order valence-corrected chi connectivity index (χ2v) is 9.21. The van der Waals surface area contributed by atoms with Crippen molar-refractivity contribution in [1.29, 1.82) is 0 Å². The monoisotopic (exact) mass is 348 g/mol. The summed E-state index contributed by atoms with van der Waals surface area (Å²) in [6.07, 6.45) is 5.98. The standard InChI is InChI=1S/C18H24N2O3S/c1-12-9-15(6-7-17(12)20-8-2-3-18(20)21)24(22,23)19-16-11-13-4-5-14(16)10-13/h6-7,9,13-14,16,19H,2-5,8,10-11H2,1H3. The molecule has 1 aromatic rings. The van der Waals surface area contributed by atoms with Gasteiger partial charge in [-0.3, -0.25) is 4.79 Å². The highest BCUT2D eigenvalue weighted by atomic mass is 32.2. The number of nitrogens with zero attached hydrogens (tertiary/aromatic N) is 1. The topological polar surface area (TPSA) is 66.5 Å². The summed E-state index contributed by atoms with van der Waals surface area (Å²) in [6, 6.07) is 5.18. The van der Waals surface area contributed by atoms with Gasteiger partial charge in [0.25, 0.3) is 0 Å². The van der Waals surface area contributed by atoms with E-state index in [0.29, 0.717) is 23.2 Å². The number of hydrogen-bond acceptors (Lipinski definition) is 3. The van der Waals surface area contributed by atoms with E-state index in [1.54, 1.807) is 23.1 Å². The quantitative estimate of drug-likeness (QED) is 0.909. The number of sulfonamides is 1. The highest BCUT2D eigenvalue weighted by molar-refractivity contribution is 7.89. The van der Waals surface area contributed by atoms with E-state index in [-0.39, 0.29) is 11.9 Å². The number of benzene rings is 1. The van der Waals surface area contributed by atoms with Crippen LogP contribution in [0.5, 0.6) is 0 Å². The van der Waals surface area contributed by atoms with E-state index in [0.717, 1.165) is 37.1 Å². The molecule has 1 saturated heterocycles. The fourth-order valence-electron chi connectivity index (χ4n) is 4.66. The van der Waals surface area contributed by atoms with Gasteiger partial charge in [-0.05, 0) is 68.2 Å². The van der Waals surface area contributed by atoms with Crippen LogP contribution in [0.25, 0.3) is 0 Å². The molecule has 2 aliphatic carbocycles. The van der Waals surface area contributed by atoms with Gasteiger partial charge in [0.1, 0.15) is 0 Å². The lowest BCUT2D eigenvalue weighted by Crippen LogP contribution is -2.38. The molecule has 3 unspecified atom stereocenters. The number of hydrogen-bond donors (Lipinski definition) is 1. The third-order valence-electron chi connectivity index (χ3n) is 5.89. The van der Waals surface area contributed by atoms with Crippen LogP contribution in [-0.4, -0.2) is 26.9 Å². The Morgan fingerprint density at radius 2 is 2.04 bits per heavy atom. The van der Waals surface area contributed by atoms with E-state index in [2.05, 4.69) is 4.72 Å². The molecule has 3 aliphatic rings. The third kappa shape index (κ3) is 2.75. The Morgan fingerprint density at radius 3 is 2.62 bits per heavy atom. The minimum absolute atomic E-state index is 0.0916. The Kier molecular flexibility index (Phi) is 3.92. The van der Waals surface area contributed by atoms with Gasteiger partial charge in [-0.1, -0.05) is 6.42 Å². The minimum atomic E-state index is -3.50. The van der Waals surface area contributed by atoms with Crippen LogP contribution in [0.15, 0.2) is 23.1 Å². The Labute approximate surface area is 143 Å². The number of nitrogens with one attached hydrogen (secondary N) is 1. The van der Waals surface area contributed by atoms with E-state index in [4.69, 9.17) is 0 Å². The van der Waals surface area contributed by atoms with Gasteiger partial charge >= 0.3 is 0 Å². The molecule has 5 nitrogen and oxygen atoms in total. The highest BCUT2D eigenvalue weighted by Crippen LogP contribution is 2.44. The summed E-state index contributed by atoms with van der Waals surface area (Å²) in [5, 5.41) is 0. The molecular weight excluding hydrogens is 324 g/mol. The Morgan fingerprint density at radius 1 is 1.21 bits per heavy atom. The predicted molar refractivity (Wildman–Crippen MR) is 92.3 cm³/mol. The summed E-state index contributed by atoms with van der Waals surface area (Å²) < 4.78 is 28.4. The molecule has 130 valence electrons. The first kappa shape index (κ1) is 16.1. The second kappa shape index (κ2) is 5.85. The maximum Gasteiger partial charge on any atom is 0.240 e. The van der Waals surface area contributed by atoms with E-state index in [1.165, 1.54) is 12.8 Å². The first-order valence-corrected chi connectivity index (χ1v) is 10.4. The van der Waals surface area contributed by atoms with Crippen LogP contribution in [-0.2, 0) is 14.8 Å². The van der Waals surface area contributed by atoms with Crippen molar-refractivity contribution >= 4 is 21.6 Å². The molecule has 1 heterocycles. The number of aryl methyl sites for hydroxylation is 1. The highest BCUT2D eigenvalue weighted by Gasteiger charge is 2.41. The molecule has 1 N–H and O–H groups in total.